The van der Waals surface area contributed by atoms with E-state index in [0.29, 0.717) is 13.0 Å². The van der Waals surface area contributed by atoms with E-state index in [1.54, 1.807) is 0 Å². The van der Waals surface area contributed by atoms with E-state index in [-0.39, 0.29) is 12.6 Å². The molecule has 1 aromatic carbocycles. The van der Waals surface area contributed by atoms with E-state index in [9.17, 15) is 5.11 Å². The molecule has 0 aromatic heterocycles. The summed E-state index contributed by atoms with van der Waals surface area (Å²) in [6.07, 6.45) is 2.09. The zero-order valence-corrected chi connectivity index (χ0v) is 11.9. The van der Waals surface area contributed by atoms with Gasteiger partial charge in [-0.3, -0.25) is 4.90 Å². The van der Waals surface area contributed by atoms with E-state index in [2.05, 4.69) is 4.90 Å². The van der Waals surface area contributed by atoms with Gasteiger partial charge >= 0.3 is 0 Å². The van der Waals surface area contributed by atoms with Gasteiger partial charge in [-0.2, -0.15) is 0 Å². The summed E-state index contributed by atoms with van der Waals surface area (Å²) in [7, 11) is 0. The second-order valence-corrected chi connectivity index (χ2v) is 5.36. The van der Waals surface area contributed by atoms with Crippen LogP contribution in [0.5, 0.6) is 0 Å². The van der Waals surface area contributed by atoms with Gasteiger partial charge in [0.2, 0.25) is 0 Å². The molecule has 0 saturated carbocycles. The maximum Gasteiger partial charge on any atom is 0.0805 e. The van der Waals surface area contributed by atoms with Crippen LogP contribution >= 0.6 is 0 Å². The highest BCUT2D eigenvalue weighted by Gasteiger charge is 2.25. The van der Waals surface area contributed by atoms with Gasteiger partial charge in [0, 0.05) is 19.2 Å². The Morgan fingerprint density at radius 2 is 2.05 bits per heavy atom. The Labute approximate surface area is 121 Å². The number of aliphatic hydroxyl groups is 2. The van der Waals surface area contributed by atoms with Crippen molar-refractivity contribution in [2.45, 2.75) is 31.4 Å². The third-order valence-electron chi connectivity index (χ3n) is 3.88. The van der Waals surface area contributed by atoms with Gasteiger partial charge in [0.25, 0.3) is 0 Å². The number of benzene rings is 1. The average Bonchev–Trinajstić information content (AvgIpc) is 2.50. The van der Waals surface area contributed by atoms with Crippen molar-refractivity contribution in [2.75, 3.05) is 32.9 Å². The van der Waals surface area contributed by atoms with Crippen LogP contribution in [0, 0.1) is 0 Å². The summed E-state index contributed by atoms with van der Waals surface area (Å²) in [4.78, 5) is 2.38. The first-order valence-corrected chi connectivity index (χ1v) is 7.47. The number of aliphatic hydroxyl groups excluding tert-OH is 2. The van der Waals surface area contributed by atoms with E-state index < -0.39 is 6.10 Å². The molecular formula is C16H25NO3. The molecule has 1 aliphatic heterocycles. The quantitative estimate of drug-likeness (QED) is 0.744. The normalized spacial score (nSPS) is 21.8. The van der Waals surface area contributed by atoms with Crippen LogP contribution in [-0.2, 0) is 4.74 Å². The second-order valence-electron chi connectivity index (χ2n) is 5.36. The minimum absolute atomic E-state index is 0.252. The van der Waals surface area contributed by atoms with Gasteiger partial charge < -0.3 is 14.9 Å². The van der Waals surface area contributed by atoms with Crippen molar-refractivity contribution in [3.8, 4) is 0 Å². The summed E-state index contributed by atoms with van der Waals surface area (Å²) >= 11 is 0. The second kappa shape index (κ2) is 8.37. The highest BCUT2D eigenvalue weighted by molar-refractivity contribution is 5.17. The van der Waals surface area contributed by atoms with Gasteiger partial charge in [0.15, 0.2) is 0 Å². The molecule has 1 aliphatic rings. The smallest absolute Gasteiger partial charge is 0.0805 e. The molecule has 0 bridgehead atoms. The van der Waals surface area contributed by atoms with Crippen LogP contribution in [0.15, 0.2) is 30.3 Å². The lowest BCUT2D eigenvalue weighted by molar-refractivity contribution is -0.0269. The van der Waals surface area contributed by atoms with Crippen LogP contribution in [0.2, 0.25) is 0 Å². The average molecular weight is 279 g/mol. The van der Waals surface area contributed by atoms with Crippen LogP contribution in [0.4, 0.5) is 0 Å². The first-order valence-electron chi connectivity index (χ1n) is 7.47. The number of morpholine rings is 1. The number of hydrogen-bond acceptors (Lipinski definition) is 4. The van der Waals surface area contributed by atoms with Crippen molar-refractivity contribution >= 4 is 0 Å². The van der Waals surface area contributed by atoms with E-state index in [1.807, 2.05) is 30.3 Å². The van der Waals surface area contributed by atoms with Crippen LogP contribution in [-0.4, -0.2) is 54.1 Å². The summed E-state index contributed by atoms with van der Waals surface area (Å²) in [5.41, 5.74) is 0.966. The molecule has 0 aliphatic carbocycles. The predicted molar refractivity (Wildman–Crippen MR) is 78.5 cm³/mol. The topological polar surface area (TPSA) is 52.9 Å². The molecule has 1 fully saturated rings. The molecule has 2 N–H and O–H groups in total. The first kappa shape index (κ1) is 15.4. The third-order valence-corrected chi connectivity index (χ3v) is 3.88. The minimum Gasteiger partial charge on any atom is -0.396 e. The highest BCUT2D eigenvalue weighted by Crippen LogP contribution is 2.22. The number of rotatable bonds is 7. The Kier molecular flexibility index (Phi) is 6.47. The van der Waals surface area contributed by atoms with Crippen LogP contribution in [0.3, 0.4) is 0 Å². The summed E-state index contributed by atoms with van der Waals surface area (Å²) in [6.45, 7) is 3.58. The number of nitrogens with zero attached hydrogens (tertiary/aromatic N) is 1. The molecule has 112 valence electrons. The van der Waals surface area contributed by atoms with Gasteiger partial charge in [-0.1, -0.05) is 30.3 Å². The molecule has 0 amide bonds. The molecule has 2 rings (SSSR count). The van der Waals surface area contributed by atoms with Crippen molar-refractivity contribution in [1.82, 2.24) is 4.90 Å². The summed E-state index contributed by atoms with van der Waals surface area (Å²) < 4.78 is 5.55. The fourth-order valence-electron chi connectivity index (χ4n) is 2.70. The van der Waals surface area contributed by atoms with Crippen molar-refractivity contribution in [3.05, 3.63) is 35.9 Å². The fourth-order valence-corrected chi connectivity index (χ4v) is 2.70. The van der Waals surface area contributed by atoms with Gasteiger partial charge in [-0.25, -0.2) is 0 Å². The molecule has 1 saturated heterocycles. The Morgan fingerprint density at radius 1 is 1.25 bits per heavy atom. The van der Waals surface area contributed by atoms with Crippen LogP contribution < -0.4 is 0 Å². The molecule has 2 atom stereocenters. The first-order chi connectivity index (χ1) is 9.81. The Balaban J connectivity index is 1.87. The number of unbranched alkanes of at least 4 members (excludes halogenated alkanes) is 1. The summed E-state index contributed by atoms with van der Waals surface area (Å²) in [6, 6.07) is 10.1. The molecule has 20 heavy (non-hydrogen) atoms. The third kappa shape index (κ3) is 4.56. The van der Waals surface area contributed by atoms with Gasteiger partial charge in [0.05, 0.1) is 19.3 Å². The molecule has 0 spiro atoms. The van der Waals surface area contributed by atoms with E-state index >= 15 is 0 Å². The molecule has 4 heteroatoms. The van der Waals surface area contributed by atoms with Crippen molar-refractivity contribution < 1.29 is 14.9 Å². The monoisotopic (exact) mass is 279 g/mol. The lowest BCUT2D eigenvalue weighted by Gasteiger charge is -2.36. The molecule has 4 nitrogen and oxygen atoms in total. The molecule has 1 heterocycles. The van der Waals surface area contributed by atoms with Crippen molar-refractivity contribution in [3.63, 3.8) is 0 Å². The Bertz CT molecular complexity index is 371. The zero-order valence-electron chi connectivity index (χ0n) is 11.9. The zero-order chi connectivity index (χ0) is 14.2. The number of ether oxygens (including phenoxy) is 1. The standard InChI is InChI=1S/C16H25NO3/c18-10-5-4-8-17-9-11-20-13-15(17)12-16(19)14-6-2-1-3-7-14/h1-3,6-7,15-16,18-19H,4-5,8-13H2. The van der Waals surface area contributed by atoms with Crippen LogP contribution in [0.1, 0.15) is 30.9 Å². The molecule has 0 radical (unpaired) electrons. The number of hydrogen-bond donors (Lipinski definition) is 2. The largest absolute Gasteiger partial charge is 0.396 e. The molecule has 1 aromatic rings. The summed E-state index contributed by atoms with van der Waals surface area (Å²) in [5.74, 6) is 0. The highest BCUT2D eigenvalue weighted by atomic mass is 16.5. The Hall–Kier alpha value is -0.940. The molecular weight excluding hydrogens is 254 g/mol. The maximum atomic E-state index is 10.3. The summed E-state index contributed by atoms with van der Waals surface area (Å²) in [5, 5.41) is 19.2. The molecule has 2 unspecified atom stereocenters. The Morgan fingerprint density at radius 3 is 2.80 bits per heavy atom. The predicted octanol–water partition coefficient (Wildman–Crippen LogP) is 1.58. The van der Waals surface area contributed by atoms with Gasteiger partial charge in [-0.15, -0.1) is 0 Å². The van der Waals surface area contributed by atoms with Crippen molar-refractivity contribution in [2.24, 2.45) is 0 Å². The van der Waals surface area contributed by atoms with E-state index in [4.69, 9.17) is 9.84 Å². The van der Waals surface area contributed by atoms with Crippen molar-refractivity contribution in [1.29, 1.82) is 0 Å². The van der Waals surface area contributed by atoms with Crippen LogP contribution in [0.25, 0.3) is 0 Å². The van der Waals surface area contributed by atoms with Gasteiger partial charge in [-0.05, 0) is 31.4 Å². The minimum atomic E-state index is -0.441. The lowest BCUT2D eigenvalue weighted by Crippen LogP contribution is -2.46. The van der Waals surface area contributed by atoms with E-state index in [1.165, 1.54) is 0 Å². The van der Waals surface area contributed by atoms with Gasteiger partial charge in [0.1, 0.15) is 0 Å². The fraction of sp³-hybridized carbons (Fsp3) is 0.625. The van der Waals surface area contributed by atoms with E-state index in [0.717, 1.165) is 38.1 Å². The lowest BCUT2D eigenvalue weighted by atomic mass is 10.0. The SMILES string of the molecule is OCCCCN1CCOCC1CC(O)c1ccccc1. The maximum absolute atomic E-state index is 10.3.